The van der Waals surface area contributed by atoms with Crippen LogP contribution in [0.25, 0.3) is 89.4 Å². The third-order valence-corrected chi connectivity index (χ3v) is 29.6. The third kappa shape index (κ3) is 24.7. The van der Waals surface area contributed by atoms with Crippen molar-refractivity contribution in [2.45, 2.75) is 152 Å². The van der Waals surface area contributed by atoms with E-state index in [1.807, 2.05) is 64.1 Å². The van der Waals surface area contributed by atoms with Gasteiger partial charge in [-0.1, -0.05) is 124 Å². The number of nitrogens with zero attached hydrogens (tertiary/aromatic N) is 19. The van der Waals surface area contributed by atoms with Crippen molar-refractivity contribution in [2.24, 2.45) is 0 Å². The fourth-order valence-corrected chi connectivity index (χ4v) is 23.2. The fraction of sp³-hybridized carbons (Fsp3) is 0.357. The highest BCUT2D eigenvalue weighted by Gasteiger charge is 2.45. The van der Waals surface area contributed by atoms with E-state index in [2.05, 4.69) is 267 Å². The summed E-state index contributed by atoms with van der Waals surface area (Å²) < 4.78 is 69.4. The van der Waals surface area contributed by atoms with Gasteiger partial charge < -0.3 is 82.3 Å². The number of ketones is 2. The van der Waals surface area contributed by atoms with Crippen LogP contribution >= 0.6 is 159 Å². The van der Waals surface area contributed by atoms with Crippen molar-refractivity contribution < 1.29 is 70.5 Å². The number of aryl methyl sites for hydroxylation is 10. The van der Waals surface area contributed by atoms with Crippen molar-refractivity contribution >= 4 is 249 Å². The first-order valence-electron chi connectivity index (χ1n) is 45.1. The Labute approximate surface area is 908 Å². The number of piperidine rings is 3. The number of ether oxygens (including phenoxy) is 6. The summed E-state index contributed by atoms with van der Waals surface area (Å²) in [7, 11) is 0. The number of pyridine rings is 4. The number of hydrogen-bond donors (Lipinski definition) is 3. The number of carboxylic acids is 1. The molecule has 21 rings (SSSR count). The van der Waals surface area contributed by atoms with E-state index in [-0.39, 0.29) is 23.9 Å². The van der Waals surface area contributed by atoms with E-state index in [0.717, 1.165) is 212 Å². The van der Waals surface area contributed by atoms with Gasteiger partial charge in [0.1, 0.15) is 41.2 Å². The van der Waals surface area contributed by atoms with Crippen LogP contribution in [0.15, 0.2) is 124 Å². The van der Waals surface area contributed by atoms with Crippen LogP contribution < -0.4 is 26.2 Å². The summed E-state index contributed by atoms with van der Waals surface area (Å²) in [6.45, 7) is 30.4. The van der Waals surface area contributed by atoms with E-state index < -0.39 is 23.3 Å². The Kier molecular flexibility index (Phi) is 34.9. The summed E-state index contributed by atoms with van der Waals surface area (Å²) >= 11 is 30.2. The number of Topliss-reactive ketones (excluding diaryl/α,β-unsaturated/α-hetero) is 2. The molecule has 0 atom stereocenters. The SMILES string of the molecule is CC(=O)c1cc(Br)cc(I)c1N.CC(=O)c1cc(Br)ccc1N.CCc1cc(C#N)c2nc(N3CCC4(CC3)OCCO4)c(-c3nc(C)no3)c(C)c2c1.Cc1noc(-c2c(Cl)nc3c(I)cc(Br)cc3c2C)n1.Cc1noc(-c2c(N3CCC4(CC3)OCCO4)nc3c(C#N)cc(Br)cc3c2C)n1.Cc1noc(-c2c(N3CCC4(CC3)OCCO4)nc3c(I)cc(Br)cc3c2C)n1.Cc1noc(CC(=O)O)n1. The smallest absolute Gasteiger partial charge is 0.312 e. The second-order valence-electron chi connectivity index (χ2n) is 34.1. The van der Waals surface area contributed by atoms with Crippen LogP contribution in [-0.2, 0) is 46.1 Å². The monoisotopic (exact) mass is 2610 g/mol. The number of hydrogen-bond acceptors (Lipinski definition) is 35. The number of nitriles is 2. The number of rotatable bonds is 12. The Morgan fingerprint density at radius 2 is 0.748 bits per heavy atom. The lowest BCUT2D eigenvalue weighted by Crippen LogP contribution is -2.45. The number of carboxylic acid groups (broad SMARTS) is 1. The number of benzene rings is 6. The highest BCUT2D eigenvalue weighted by Crippen LogP contribution is 2.47. The lowest BCUT2D eigenvalue weighted by atomic mass is 9.96. The van der Waals surface area contributed by atoms with Crippen molar-refractivity contribution in [3.63, 3.8) is 0 Å². The van der Waals surface area contributed by atoms with Gasteiger partial charge in [0.25, 0.3) is 23.6 Å². The summed E-state index contributed by atoms with van der Waals surface area (Å²) in [4.78, 5) is 79.7. The predicted molar refractivity (Wildman–Crippen MR) is 579 cm³/mol. The van der Waals surface area contributed by atoms with Gasteiger partial charge in [-0.3, -0.25) is 14.4 Å². The van der Waals surface area contributed by atoms with Gasteiger partial charge in [0.15, 0.2) is 58.0 Å². The first-order valence-corrected chi connectivity index (χ1v) is 52.6. The van der Waals surface area contributed by atoms with E-state index in [1.165, 1.54) is 13.8 Å². The third-order valence-electron chi connectivity index (χ3n) is 24.4. The van der Waals surface area contributed by atoms with Crippen molar-refractivity contribution in [1.82, 2.24) is 70.6 Å². The van der Waals surface area contributed by atoms with Gasteiger partial charge in [0.2, 0.25) is 5.89 Å². The van der Waals surface area contributed by atoms with Gasteiger partial charge >= 0.3 is 5.97 Å². The maximum atomic E-state index is 11.1. The van der Waals surface area contributed by atoms with Crippen LogP contribution in [0, 0.1) is 95.7 Å². The van der Waals surface area contributed by atoms with E-state index >= 15 is 0 Å². The maximum Gasteiger partial charge on any atom is 0.312 e. The number of carbonyl (C=O) groups excluding carboxylic acids is 2. The number of halogens is 9. The number of nitrogens with two attached hydrogens (primary N) is 2. The molecular weight excluding hydrogens is 2530 g/mol. The summed E-state index contributed by atoms with van der Waals surface area (Å²) in [6.07, 6.45) is 5.27. The van der Waals surface area contributed by atoms with Crippen LogP contribution in [0.4, 0.5) is 28.8 Å². The molecule has 143 heavy (non-hydrogen) atoms. The molecule has 45 heteroatoms. The molecule has 6 aliphatic heterocycles. The van der Waals surface area contributed by atoms with Crippen LogP contribution in [0.1, 0.15) is 154 Å². The quantitative estimate of drug-likeness (QED) is 0.0442. The molecular formula is C98H94Br5ClI3N21O15. The number of nitrogen functional groups attached to an aromatic ring is 2. The molecule has 9 aromatic heterocycles. The standard InChI is InChI=1S/C23H25N5O3.C21H20BrN5O3.C20H20BrIN4O3.C13H8BrClIN3O.C8H7BrINO.C8H8BrNO.C5H6N2O3/c1-4-16-11-17(13-24)20-18(12-16)14(2)19(22-25-15(3)27-31-22)21(26-20)28-7-5-23(6-8-28)29-9-10-30-23;1-12-16-10-15(22)9-14(11-23)18(16)25-19(17(12)20-24-13(2)26-30-20)27-5-3-21(4-6-27)28-7-8-29-21;1-11-14-9-13(21)10-15(22)17(14)24-18(16(11)19-23-12(2)25-29-19)26-5-3-20(4-6-26)27-7-8-28-20;1-5-8-3-7(14)4-9(16)11(8)18-12(15)10(5)13-17-6(2)19-20-13;1-4(12)6-2-5(9)3-7(10)8(6)11;1-5(11)7-4-6(9)2-3-8(7)10;1-3-6-4(10-7-3)2-5(8)9/h11-12H,4-10H2,1-3H3;9-10H,3-8H2,1-2H3;9-10H,3-8H2,1-2H3;3-4H,1-2H3;2-3H,11H2,1H3;2-4H,10H2,1H3;2H2,1H3,(H,8,9). The zero-order valence-electron chi connectivity index (χ0n) is 79.4. The highest BCUT2D eigenvalue weighted by molar-refractivity contribution is 14.1. The van der Waals surface area contributed by atoms with Crippen molar-refractivity contribution in [3.05, 3.63) is 202 Å². The lowest BCUT2D eigenvalue weighted by Gasteiger charge is -2.38. The van der Waals surface area contributed by atoms with E-state index in [9.17, 15) is 24.9 Å². The summed E-state index contributed by atoms with van der Waals surface area (Å²) in [5, 5.41) is 51.2. The lowest BCUT2D eigenvalue weighted by molar-refractivity contribution is -0.169. The molecule has 15 heterocycles. The molecule has 5 N–H and O–H groups in total. The largest absolute Gasteiger partial charge is 0.481 e. The Morgan fingerprint density at radius 1 is 0.420 bits per heavy atom. The molecule has 0 amide bonds. The molecule has 36 nitrogen and oxygen atoms in total. The first kappa shape index (κ1) is 107. The summed E-state index contributed by atoms with van der Waals surface area (Å²) in [5.41, 5.74) is 26.1. The van der Waals surface area contributed by atoms with Gasteiger partial charge in [-0.2, -0.15) is 35.4 Å². The van der Waals surface area contributed by atoms with Crippen LogP contribution in [0.2, 0.25) is 5.15 Å². The number of anilines is 5. The molecule has 0 aliphatic carbocycles. The van der Waals surface area contributed by atoms with Gasteiger partial charge in [-0.05, 0) is 257 Å². The molecule has 15 aromatic rings. The average molecular weight is 2620 g/mol. The van der Waals surface area contributed by atoms with E-state index in [4.69, 9.17) is 89.6 Å². The van der Waals surface area contributed by atoms with Crippen molar-refractivity contribution in [1.29, 1.82) is 10.5 Å². The Bertz CT molecular complexity index is 7450. The maximum absolute atomic E-state index is 11.1. The topological polar surface area (TPSA) is 482 Å². The first-order chi connectivity index (χ1) is 68.3. The Balaban J connectivity index is 0.000000131. The van der Waals surface area contributed by atoms with Gasteiger partial charge in [-0.25, -0.2) is 19.9 Å². The molecule has 6 aromatic carbocycles. The number of fused-ring (bicyclic) bond motifs is 4. The molecule has 0 saturated carbocycles. The average Bonchev–Trinajstić information content (AvgIpc) is 1.70. The Hall–Kier alpha value is -9.91. The molecule has 6 aliphatic rings. The second kappa shape index (κ2) is 46.4. The van der Waals surface area contributed by atoms with Crippen molar-refractivity contribution in [3.8, 4) is 58.0 Å². The molecule has 744 valence electrons. The summed E-state index contributed by atoms with van der Waals surface area (Å²) in [6, 6.07) is 29.5. The zero-order valence-corrected chi connectivity index (χ0v) is 94.5. The molecule has 3 spiro atoms. The Morgan fingerprint density at radius 3 is 1.10 bits per heavy atom. The molecule has 0 radical (unpaired) electrons. The van der Waals surface area contributed by atoms with Crippen LogP contribution in [0.3, 0.4) is 0 Å². The highest BCUT2D eigenvalue weighted by atomic mass is 127. The van der Waals surface area contributed by atoms with Crippen molar-refractivity contribution in [2.75, 3.05) is 105 Å². The second-order valence-corrected chi connectivity index (χ2v) is 42.5. The normalized spacial score (nSPS) is 15.4. The van der Waals surface area contributed by atoms with Gasteiger partial charge in [-0.15, -0.1) is 0 Å². The fourth-order valence-electron chi connectivity index (χ4n) is 17.3. The minimum atomic E-state index is -0.969. The molecule has 0 bridgehead atoms. The zero-order chi connectivity index (χ0) is 102. The van der Waals surface area contributed by atoms with Crippen LogP contribution in [-0.4, -0.2) is 190 Å². The minimum Gasteiger partial charge on any atom is -0.481 e. The van der Waals surface area contributed by atoms with Gasteiger partial charge in [0.05, 0.1) is 101 Å². The van der Waals surface area contributed by atoms with E-state index in [1.54, 1.807) is 52.0 Å². The van der Waals surface area contributed by atoms with E-state index in [0.29, 0.717) is 148 Å². The number of aliphatic carboxylic acids is 1. The number of aromatic nitrogens is 14. The van der Waals surface area contributed by atoms with Gasteiger partial charge in [0, 0.05) is 149 Å². The molecule has 0 unspecified atom stereocenters. The minimum absolute atomic E-state index is 0.00767. The van der Waals surface area contributed by atoms with Crippen LogP contribution in [0.5, 0.6) is 0 Å². The molecule has 6 saturated heterocycles. The number of carbonyl (C=O) groups is 3. The molecule has 6 fully saturated rings. The predicted octanol–water partition coefficient (Wildman–Crippen LogP) is 22.2. The summed E-state index contributed by atoms with van der Waals surface area (Å²) in [5.74, 6) is 4.73.